The van der Waals surface area contributed by atoms with Gasteiger partial charge in [-0.1, -0.05) is 0 Å². The predicted molar refractivity (Wildman–Crippen MR) is 89.4 cm³/mol. The summed E-state index contributed by atoms with van der Waals surface area (Å²) in [6.07, 6.45) is 6.72. The van der Waals surface area contributed by atoms with E-state index >= 15 is 0 Å². The highest BCUT2D eigenvalue weighted by molar-refractivity contribution is 7.12. The summed E-state index contributed by atoms with van der Waals surface area (Å²) in [6.45, 7) is 5.17. The molecule has 1 aliphatic heterocycles. The highest BCUT2D eigenvalue weighted by Gasteiger charge is 2.32. The number of nitrogens with zero attached hydrogens (tertiary/aromatic N) is 2. The summed E-state index contributed by atoms with van der Waals surface area (Å²) in [6, 6.07) is 1.95. The Bertz CT molecular complexity index is 675. The van der Waals surface area contributed by atoms with Crippen molar-refractivity contribution < 1.29 is 9.53 Å². The van der Waals surface area contributed by atoms with E-state index in [9.17, 15) is 4.79 Å². The van der Waals surface area contributed by atoms with Gasteiger partial charge in [-0.2, -0.15) is 0 Å². The lowest BCUT2D eigenvalue weighted by molar-refractivity contribution is -0.0760. The number of aromatic nitrogens is 2. The molecule has 122 valence electrons. The Hall–Kier alpha value is -1.79. The van der Waals surface area contributed by atoms with E-state index in [2.05, 4.69) is 15.3 Å². The van der Waals surface area contributed by atoms with Crippen LogP contribution in [0.4, 0.5) is 0 Å². The predicted octanol–water partition coefficient (Wildman–Crippen LogP) is 3.19. The van der Waals surface area contributed by atoms with E-state index in [-0.39, 0.29) is 11.5 Å². The van der Waals surface area contributed by atoms with Crippen LogP contribution in [0, 0.1) is 6.92 Å². The van der Waals surface area contributed by atoms with Gasteiger partial charge in [-0.3, -0.25) is 4.79 Å². The molecule has 2 aromatic rings. The summed E-state index contributed by atoms with van der Waals surface area (Å²) >= 11 is 1.45. The van der Waals surface area contributed by atoms with Crippen molar-refractivity contribution in [3.05, 3.63) is 45.7 Å². The number of hydrogen-bond acceptors (Lipinski definition) is 5. The summed E-state index contributed by atoms with van der Waals surface area (Å²) in [5, 5.41) is 4.83. The molecule has 1 amide bonds. The van der Waals surface area contributed by atoms with Gasteiger partial charge in [0, 0.05) is 31.1 Å². The van der Waals surface area contributed by atoms with E-state index in [0.29, 0.717) is 6.54 Å². The highest BCUT2D eigenvalue weighted by Crippen LogP contribution is 2.32. The third-order valence-electron chi connectivity index (χ3n) is 4.17. The molecule has 0 aliphatic carbocycles. The van der Waals surface area contributed by atoms with Crippen molar-refractivity contribution in [2.24, 2.45) is 0 Å². The molecule has 1 fully saturated rings. The molecule has 5 nitrogen and oxygen atoms in total. The molecule has 3 heterocycles. The Morgan fingerprint density at radius 1 is 1.39 bits per heavy atom. The fourth-order valence-electron chi connectivity index (χ4n) is 2.70. The first-order valence-corrected chi connectivity index (χ1v) is 8.74. The number of thiophene rings is 1. The van der Waals surface area contributed by atoms with Gasteiger partial charge in [-0.05, 0) is 50.1 Å². The van der Waals surface area contributed by atoms with Crippen LogP contribution < -0.4 is 5.32 Å². The fraction of sp³-hybridized carbons (Fsp3) is 0.471. The zero-order valence-electron chi connectivity index (χ0n) is 13.5. The minimum absolute atomic E-state index is 0.0517. The van der Waals surface area contributed by atoms with Crippen molar-refractivity contribution in [3.8, 4) is 0 Å². The number of amides is 1. The first-order valence-electron chi connectivity index (χ1n) is 7.86. The Morgan fingerprint density at radius 2 is 2.17 bits per heavy atom. The molecule has 1 atom stereocenters. The van der Waals surface area contributed by atoms with E-state index in [4.69, 9.17) is 4.74 Å². The van der Waals surface area contributed by atoms with Crippen molar-refractivity contribution in [1.29, 1.82) is 0 Å². The second-order valence-corrected chi connectivity index (χ2v) is 6.98. The fourth-order valence-corrected chi connectivity index (χ4v) is 3.54. The Morgan fingerprint density at radius 3 is 2.78 bits per heavy atom. The topological polar surface area (TPSA) is 64.1 Å². The summed E-state index contributed by atoms with van der Waals surface area (Å²) < 4.78 is 5.86. The second-order valence-electron chi connectivity index (χ2n) is 6.07. The zero-order chi connectivity index (χ0) is 16.3. The van der Waals surface area contributed by atoms with Gasteiger partial charge < -0.3 is 10.1 Å². The van der Waals surface area contributed by atoms with Gasteiger partial charge in [0.2, 0.25) is 0 Å². The average Bonchev–Trinajstić information content (AvgIpc) is 3.00. The van der Waals surface area contributed by atoms with Crippen LogP contribution in [0.5, 0.6) is 0 Å². The third-order valence-corrected chi connectivity index (χ3v) is 5.18. The van der Waals surface area contributed by atoms with Crippen LogP contribution >= 0.6 is 11.3 Å². The molecule has 0 aromatic carbocycles. The molecular formula is C17H21N3O2S. The van der Waals surface area contributed by atoms with Crippen molar-refractivity contribution in [2.45, 2.75) is 45.3 Å². The quantitative estimate of drug-likeness (QED) is 0.934. The van der Waals surface area contributed by atoms with E-state index < -0.39 is 0 Å². The summed E-state index contributed by atoms with van der Waals surface area (Å²) in [7, 11) is 0. The monoisotopic (exact) mass is 331 g/mol. The van der Waals surface area contributed by atoms with Gasteiger partial charge in [0.05, 0.1) is 4.88 Å². The average molecular weight is 331 g/mol. The maximum Gasteiger partial charge on any atom is 0.261 e. The van der Waals surface area contributed by atoms with Gasteiger partial charge >= 0.3 is 0 Å². The standard InChI is InChI=1S/C17H21N3O2S/c1-12-5-8-23-14(12)15(21)18-9-13-10-19-16(20-11-13)17(2)6-3-4-7-22-17/h5,8,10-11H,3-4,6-7,9H2,1-2H3,(H,18,21)/t17-/m0/s1. The van der Waals surface area contributed by atoms with E-state index in [0.717, 1.165) is 47.7 Å². The maximum atomic E-state index is 12.1. The molecular weight excluding hydrogens is 310 g/mol. The lowest BCUT2D eigenvalue weighted by atomic mass is 9.95. The first kappa shape index (κ1) is 16.1. The van der Waals surface area contributed by atoms with Crippen LogP contribution in [0.25, 0.3) is 0 Å². The van der Waals surface area contributed by atoms with Crippen LogP contribution in [0.2, 0.25) is 0 Å². The number of carbonyl (C=O) groups excluding carboxylic acids is 1. The number of carbonyl (C=O) groups is 1. The van der Waals surface area contributed by atoms with Crippen LogP contribution in [0.1, 0.15) is 52.8 Å². The van der Waals surface area contributed by atoms with Crippen molar-refractivity contribution in [1.82, 2.24) is 15.3 Å². The molecule has 6 heteroatoms. The Balaban J connectivity index is 1.61. The zero-order valence-corrected chi connectivity index (χ0v) is 14.3. The smallest absolute Gasteiger partial charge is 0.261 e. The molecule has 1 aliphatic rings. The molecule has 3 rings (SSSR count). The molecule has 0 saturated carbocycles. The number of nitrogens with one attached hydrogen (secondary N) is 1. The number of ether oxygens (including phenoxy) is 1. The lowest BCUT2D eigenvalue weighted by Crippen LogP contribution is -2.32. The molecule has 1 N–H and O–H groups in total. The molecule has 0 unspecified atom stereocenters. The van der Waals surface area contributed by atoms with E-state index in [1.54, 1.807) is 12.4 Å². The van der Waals surface area contributed by atoms with Crippen LogP contribution in [0.3, 0.4) is 0 Å². The minimum atomic E-state index is -0.381. The molecule has 0 bridgehead atoms. The molecule has 23 heavy (non-hydrogen) atoms. The van der Waals surface area contributed by atoms with Crippen LogP contribution in [-0.2, 0) is 16.9 Å². The van der Waals surface area contributed by atoms with Gasteiger partial charge in [-0.25, -0.2) is 9.97 Å². The largest absolute Gasteiger partial charge is 0.367 e. The molecule has 2 aromatic heterocycles. The lowest BCUT2D eigenvalue weighted by Gasteiger charge is -2.32. The number of rotatable bonds is 4. The van der Waals surface area contributed by atoms with Gasteiger partial charge in [-0.15, -0.1) is 11.3 Å². The van der Waals surface area contributed by atoms with Crippen LogP contribution in [-0.4, -0.2) is 22.5 Å². The van der Waals surface area contributed by atoms with Crippen LogP contribution in [0.15, 0.2) is 23.8 Å². The van der Waals surface area contributed by atoms with Gasteiger partial charge in [0.1, 0.15) is 5.60 Å². The van der Waals surface area contributed by atoms with Gasteiger partial charge in [0.15, 0.2) is 5.82 Å². The summed E-state index contributed by atoms with van der Waals surface area (Å²) in [4.78, 5) is 21.8. The third kappa shape index (κ3) is 3.59. The van der Waals surface area contributed by atoms with Crippen molar-refractivity contribution in [2.75, 3.05) is 6.61 Å². The normalized spacial score (nSPS) is 21.1. The minimum Gasteiger partial charge on any atom is -0.367 e. The molecule has 1 saturated heterocycles. The molecule has 0 radical (unpaired) electrons. The summed E-state index contributed by atoms with van der Waals surface area (Å²) in [5.74, 6) is 0.672. The maximum absolute atomic E-state index is 12.1. The first-order chi connectivity index (χ1) is 11.1. The van der Waals surface area contributed by atoms with E-state index in [1.807, 2.05) is 25.3 Å². The molecule has 0 spiro atoms. The summed E-state index contributed by atoms with van der Waals surface area (Å²) in [5.41, 5.74) is 1.51. The SMILES string of the molecule is Cc1ccsc1C(=O)NCc1cnc([C@]2(C)CCCCO2)nc1. The Labute approximate surface area is 140 Å². The van der Waals surface area contributed by atoms with E-state index in [1.165, 1.54) is 11.3 Å². The van der Waals surface area contributed by atoms with Gasteiger partial charge in [0.25, 0.3) is 5.91 Å². The van der Waals surface area contributed by atoms with Crippen molar-refractivity contribution >= 4 is 17.2 Å². The number of hydrogen-bond donors (Lipinski definition) is 1. The second kappa shape index (κ2) is 6.76. The van der Waals surface area contributed by atoms with Crippen molar-refractivity contribution in [3.63, 3.8) is 0 Å². The number of aryl methyl sites for hydroxylation is 1. The Kier molecular flexibility index (Phi) is 4.73. The highest BCUT2D eigenvalue weighted by atomic mass is 32.1.